The molecular formula is C26H31N3O3. The van der Waals surface area contributed by atoms with Gasteiger partial charge in [0.25, 0.3) is 5.91 Å². The third-order valence-corrected chi connectivity index (χ3v) is 7.55. The molecule has 0 aromatic heterocycles. The minimum absolute atomic E-state index is 0.0131. The SMILES string of the molecule is CCN1C(=O)N(C2Cc3ccccc3C2)C(=O)C12CCN(Cc1ccccc1OC)CC2. The second-order valence-electron chi connectivity index (χ2n) is 9.15. The second-order valence-corrected chi connectivity index (χ2v) is 9.15. The van der Waals surface area contributed by atoms with Crippen molar-refractivity contribution in [1.29, 1.82) is 0 Å². The van der Waals surface area contributed by atoms with E-state index in [0.29, 0.717) is 19.4 Å². The molecule has 1 aliphatic carbocycles. The quantitative estimate of drug-likeness (QED) is 0.678. The van der Waals surface area contributed by atoms with E-state index in [1.165, 1.54) is 11.1 Å². The first kappa shape index (κ1) is 21.0. The molecule has 3 aliphatic rings. The van der Waals surface area contributed by atoms with E-state index in [1.54, 1.807) is 12.0 Å². The molecular weight excluding hydrogens is 402 g/mol. The van der Waals surface area contributed by atoms with Crippen molar-refractivity contribution in [3.63, 3.8) is 0 Å². The first-order valence-electron chi connectivity index (χ1n) is 11.6. The lowest BCUT2D eigenvalue weighted by molar-refractivity contribution is -0.137. The summed E-state index contributed by atoms with van der Waals surface area (Å²) < 4.78 is 5.50. The number of para-hydroxylation sites is 1. The first-order chi connectivity index (χ1) is 15.6. The number of nitrogens with zero attached hydrogens (tertiary/aromatic N) is 3. The van der Waals surface area contributed by atoms with Crippen LogP contribution in [-0.4, -0.2) is 65.0 Å². The number of imide groups is 1. The maximum Gasteiger partial charge on any atom is 0.327 e. The topological polar surface area (TPSA) is 53.1 Å². The van der Waals surface area contributed by atoms with E-state index in [9.17, 15) is 9.59 Å². The Morgan fingerprint density at radius 2 is 1.59 bits per heavy atom. The Morgan fingerprint density at radius 3 is 2.22 bits per heavy atom. The lowest BCUT2D eigenvalue weighted by Gasteiger charge is -2.42. The van der Waals surface area contributed by atoms with E-state index < -0.39 is 5.54 Å². The molecule has 6 heteroatoms. The highest BCUT2D eigenvalue weighted by atomic mass is 16.5. The maximum absolute atomic E-state index is 13.8. The average molecular weight is 434 g/mol. The lowest BCUT2D eigenvalue weighted by atomic mass is 9.85. The third-order valence-electron chi connectivity index (χ3n) is 7.55. The summed E-state index contributed by atoms with van der Waals surface area (Å²) in [5, 5.41) is 0. The van der Waals surface area contributed by atoms with Crippen molar-refractivity contribution in [1.82, 2.24) is 14.7 Å². The molecule has 0 bridgehead atoms. The van der Waals surface area contributed by atoms with Crippen LogP contribution in [0.1, 0.15) is 36.5 Å². The molecule has 32 heavy (non-hydrogen) atoms. The zero-order valence-electron chi connectivity index (χ0n) is 18.9. The van der Waals surface area contributed by atoms with E-state index in [0.717, 1.165) is 43.8 Å². The zero-order valence-corrected chi connectivity index (χ0v) is 18.9. The van der Waals surface area contributed by atoms with E-state index in [1.807, 2.05) is 42.2 Å². The fourth-order valence-electron chi connectivity index (χ4n) is 5.86. The lowest BCUT2D eigenvalue weighted by Crippen LogP contribution is -2.56. The van der Waals surface area contributed by atoms with Gasteiger partial charge >= 0.3 is 6.03 Å². The van der Waals surface area contributed by atoms with Crippen molar-refractivity contribution < 1.29 is 14.3 Å². The summed E-state index contributed by atoms with van der Waals surface area (Å²) in [7, 11) is 1.70. The number of ether oxygens (including phenoxy) is 1. The number of carbonyl (C=O) groups is 2. The van der Waals surface area contributed by atoms with E-state index in [-0.39, 0.29) is 18.0 Å². The van der Waals surface area contributed by atoms with Gasteiger partial charge in [-0.3, -0.25) is 14.6 Å². The van der Waals surface area contributed by atoms with Crippen molar-refractivity contribution in [3.8, 4) is 5.75 Å². The maximum atomic E-state index is 13.8. The number of rotatable bonds is 5. The van der Waals surface area contributed by atoms with Crippen molar-refractivity contribution in [3.05, 3.63) is 65.2 Å². The fourth-order valence-corrected chi connectivity index (χ4v) is 5.86. The summed E-state index contributed by atoms with van der Waals surface area (Å²) in [5.41, 5.74) is 2.97. The number of hydrogen-bond donors (Lipinski definition) is 0. The van der Waals surface area contributed by atoms with Crippen LogP contribution in [0.2, 0.25) is 0 Å². The molecule has 0 atom stereocenters. The first-order valence-corrected chi connectivity index (χ1v) is 11.6. The van der Waals surface area contributed by atoms with Crippen LogP contribution < -0.4 is 4.74 Å². The Bertz CT molecular complexity index is 1000. The highest BCUT2D eigenvalue weighted by molar-refractivity contribution is 6.07. The third kappa shape index (κ3) is 3.28. The van der Waals surface area contributed by atoms with Crippen LogP contribution in [0.4, 0.5) is 4.79 Å². The minimum atomic E-state index is -0.697. The van der Waals surface area contributed by atoms with Gasteiger partial charge in [0.1, 0.15) is 11.3 Å². The molecule has 0 N–H and O–H groups in total. The highest BCUT2D eigenvalue weighted by Crippen LogP contribution is 2.40. The van der Waals surface area contributed by atoms with Crippen LogP contribution in [-0.2, 0) is 24.2 Å². The summed E-state index contributed by atoms with van der Waals surface area (Å²) in [6, 6.07) is 16.2. The largest absolute Gasteiger partial charge is 0.496 e. The second kappa shape index (κ2) is 8.24. The summed E-state index contributed by atoms with van der Waals surface area (Å²) in [6.45, 7) is 4.91. The number of likely N-dealkylation sites (N-methyl/N-ethyl adjacent to an activating group) is 1. The van der Waals surface area contributed by atoms with Gasteiger partial charge in [-0.2, -0.15) is 0 Å². The number of amides is 3. The van der Waals surface area contributed by atoms with Gasteiger partial charge in [-0.15, -0.1) is 0 Å². The number of benzene rings is 2. The Kier molecular flexibility index (Phi) is 5.41. The Balaban J connectivity index is 1.32. The van der Waals surface area contributed by atoms with Crippen molar-refractivity contribution in [2.45, 2.75) is 50.7 Å². The van der Waals surface area contributed by atoms with Gasteiger partial charge < -0.3 is 9.64 Å². The molecule has 168 valence electrons. The van der Waals surface area contributed by atoms with Gasteiger partial charge in [0, 0.05) is 37.8 Å². The number of carbonyl (C=O) groups excluding carboxylic acids is 2. The van der Waals surface area contributed by atoms with Crippen molar-refractivity contribution in [2.24, 2.45) is 0 Å². The molecule has 2 aromatic carbocycles. The molecule has 5 rings (SSSR count). The molecule has 2 aliphatic heterocycles. The Labute approximate surface area is 189 Å². The molecule has 0 saturated carbocycles. The molecule has 2 saturated heterocycles. The van der Waals surface area contributed by atoms with Gasteiger partial charge in [-0.05, 0) is 49.8 Å². The molecule has 6 nitrogen and oxygen atoms in total. The van der Waals surface area contributed by atoms with E-state index in [4.69, 9.17) is 4.74 Å². The average Bonchev–Trinajstić information content (AvgIpc) is 3.32. The zero-order chi connectivity index (χ0) is 22.3. The predicted octanol–water partition coefficient (Wildman–Crippen LogP) is 3.48. The summed E-state index contributed by atoms with van der Waals surface area (Å²) in [4.78, 5) is 33.0. The van der Waals surface area contributed by atoms with Crippen LogP contribution in [0.5, 0.6) is 5.75 Å². The smallest absolute Gasteiger partial charge is 0.327 e. The van der Waals surface area contributed by atoms with Crippen LogP contribution in [0.3, 0.4) is 0 Å². The fraction of sp³-hybridized carbons (Fsp3) is 0.462. The summed E-state index contributed by atoms with van der Waals surface area (Å²) in [6.07, 6.45) is 2.88. The van der Waals surface area contributed by atoms with Gasteiger partial charge in [0.05, 0.1) is 7.11 Å². The monoisotopic (exact) mass is 433 g/mol. The number of hydrogen-bond acceptors (Lipinski definition) is 4. The number of fused-ring (bicyclic) bond motifs is 1. The normalized spacial score (nSPS) is 20.9. The standard InChI is InChI=1S/C26H31N3O3/c1-3-28-25(31)29(22-16-19-8-4-5-9-20(19)17-22)24(30)26(28)12-14-27(15-13-26)18-21-10-6-7-11-23(21)32-2/h4-11,22H,3,12-18H2,1-2H3. The van der Waals surface area contributed by atoms with Crippen LogP contribution in [0, 0.1) is 0 Å². The molecule has 2 aromatic rings. The Hall–Kier alpha value is -2.86. The van der Waals surface area contributed by atoms with E-state index in [2.05, 4.69) is 23.1 Å². The predicted molar refractivity (Wildman–Crippen MR) is 122 cm³/mol. The van der Waals surface area contributed by atoms with Crippen LogP contribution in [0.25, 0.3) is 0 Å². The number of urea groups is 1. The minimum Gasteiger partial charge on any atom is -0.496 e. The van der Waals surface area contributed by atoms with Gasteiger partial charge in [0.15, 0.2) is 0 Å². The number of piperidine rings is 1. The highest BCUT2D eigenvalue weighted by Gasteiger charge is 2.59. The summed E-state index contributed by atoms with van der Waals surface area (Å²) in [5.74, 6) is 0.904. The van der Waals surface area contributed by atoms with Gasteiger partial charge in [-0.25, -0.2) is 4.79 Å². The molecule has 1 spiro atoms. The molecule has 2 heterocycles. The Morgan fingerprint density at radius 1 is 0.969 bits per heavy atom. The molecule has 2 fully saturated rings. The van der Waals surface area contributed by atoms with Crippen LogP contribution in [0.15, 0.2) is 48.5 Å². The van der Waals surface area contributed by atoms with Crippen molar-refractivity contribution >= 4 is 11.9 Å². The molecule has 0 unspecified atom stereocenters. The van der Waals surface area contributed by atoms with Gasteiger partial charge in [-0.1, -0.05) is 42.5 Å². The molecule has 3 amide bonds. The molecule has 0 radical (unpaired) electrons. The van der Waals surface area contributed by atoms with E-state index >= 15 is 0 Å². The number of likely N-dealkylation sites (tertiary alicyclic amines) is 1. The van der Waals surface area contributed by atoms with Crippen molar-refractivity contribution in [2.75, 3.05) is 26.7 Å². The van der Waals surface area contributed by atoms with Gasteiger partial charge in [0.2, 0.25) is 0 Å². The van der Waals surface area contributed by atoms with Crippen LogP contribution >= 0.6 is 0 Å². The number of methoxy groups -OCH3 is 1. The summed E-state index contributed by atoms with van der Waals surface area (Å²) >= 11 is 0.